The van der Waals surface area contributed by atoms with Crippen molar-refractivity contribution in [1.82, 2.24) is 0 Å². The van der Waals surface area contributed by atoms with Gasteiger partial charge in [-0.1, -0.05) is 20.8 Å². The number of phenols is 1. The van der Waals surface area contributed by atoms with Gasteiger partial charge in [-0.2, -0.15) is 0 Å². The Morgan fingerprint density at radius 1 is 1.24 bits per heavy atom. The molecule has 3 nitrogen and oxygen atoms in total. The number of rotatable bonds is 6. The van der Waals surface area contributed by atoms with Crippen LogP contribution in [0.3, 0.4) is 0 Å². The van der Waals surface area contributed by atoms with Crippen LogP contribution < -0.4 is 4.43 Å². The molecule has 0 aliphatic carbocycles. The maximum Gasteiger partial charge on any atom is 0.250 e. The fourth-order valence-corrected chi connectivity index (χ4v) is 4.45. The highest BCUT2D eigenvalue weighted by molar-refractivity contribution is 6.74. The summed E-state index contributed by atoms with van der Waals surface area (Å²) in [6, 6.07) is 7.73. The van der Waals surface area contributed by atoms with E-state index in [9.17, 15) is 9.90 Å². The lowest BCUT2D eigenvalue weighted by atomic mass is 10.2. The van der Waals surface area contributed by atoms with Gasteiger partial charge in [0.05, 0.1) is 0 Å². The summed E-state index contributed by atoms with van der Waals surface area (Å²) in [5, 5.41) is 9.76. The van der Waals surface area contributed by atoms with Crippen LogP contribution >= 0.6 is 0 Å². The molecule has 0 heterocycles. The van der Waals surface area contributed by atoms with Crippen LogP contribution in [0, 0.1) is 0 Å². The summed E-state index contributed by atoms with van der Waals surface area (Å²) in [6.07, 6.45) is 0.763. The number of aromatic hydroxyl groups is 1. The average Bonchev–Trinajstić information content (AvgIpc) is 2.38. The van der Waals surface area contributed by atoms with E-state index in [0.717, 1.165) is 24.4 Å². The second-order valence-electron chi connectivity index (χ2n) is 4.19. The van der Waals surface area contributed by atoms with E-state index >= 15 is 0 Å². The number of phenolic OH excluding ortho intramolecular Hbond substituents is 1. The van der Waals surface area contributed by atoms with Crippen molar-refractivity contribution in [2.24, 2.45) is 0 Å². The molecule has 1 N–H and O–H groups in total. The summed E-state index contributed by atoms with van der Waals surface area (Å²) in [5.74, 6) is 0.564. The molecule has 0 fully saturated rings. The van der Waals surface area contributed by atoms with Crippen LogP contribution in [-0.4, -0.2) is 19.7 Å². The van der Waals surface area contributed by atoms with Gasteiger partial charge in [-0.15, -0.1) is 0 Å². The molecule has 94 valence electrons. The van der Waals surface area contributed by atoms with Gasteiger partial charge in [0.15, 0.2) is 5.75 Å². The maximum atomic E-state index is 10.7. The van der Waals surface area contributed by atoms with Crippen molar-refractivity contribution in [3.8, 4) is 11.5 Å². The van der Waals surface area contributed by atoms with E-state index in [1.165, 1.54) is 6.07 Å². The van der Waals surface area contributed by atoms with Crippen molar-refractivity contribution in [2.75, 3.05) is 0 Å². The molecular weight excluding hydrogens is 232 g/mol. The van der Waals surface area contributed by atoms with Crippen LogP contribution in [0.2, 0.25) is 18.1 Å². The van der Waals surface area contributed by atoms with E-state index in [-0.39, 0.29) is 5.75 Å². The largest absolute Gasteiger partial charge is 0.541 e. The molecule has 0 amide bonds. The fraction of sp³-hybridized carbons (Fsp3) is 0.462. The van der Waals surface area contributed by atoms with Gasteiger partial charge >= 0.3 is 0 Å². The predicted octanol–water partition coefficient (Wildman–Crippen LogP) is 3.59. The third-order valence-corrected chi connectivity index (χ3v) is 7.90. The second-order valence-corrected chi connectivity index (χ2v) is 8.88. The molecule has 0 atom stereocenters. The molecule has 0 spiro atoms. The van der Waals surface area contributed by atoms with Gasteiger partial charge < -0.3 is 9.53 Å². The van der Waals surface area contributed by atoms with E-state index < -0.39 is 8.32 Å². The summed E-state index contributed by atoms with van der Waals surface area (Å²) in [4.78, 5) is 10.7. The highest BCUT2D eigenvalue weighted by Crippen LogP contribution is 2.32. The van der Waals surface area contributed by atoms with Gasteiger partial charge in [0.1, 0.15) is 12.0 Å². The topological polar surface area (TPSA) is 46.5 Å². The maximum absolute atomic E-state index is 10.7. The van der Waals surface area contributed by atoms with Gasteiger partial charge in [-0.25, -0.2) is 0 Å². The van der Waals surface area contributed by atoms with Crippen LogP contribution in [0.4, 0.5) is 0 Å². The fourth-order valence-electron chi connectivity index (χ4n) is 1.89. The minimum atomic E-state index is -1.80. The third-order valence-electron chi connectivity index (χ3n) is 3.38. The normalized spacial score (nSPS) is 11.2. The Balaban J connectivity index is 3.03. The van der Waals surface area contributed by atoms with E-state index in [1.54, 1.807) is 12.1 Å². The lowest BCUT2D eigenvalue weighted by Crippen LogP contribution is -2.39. The van der Waals surface area contributed by atoms with Crippen LogP contribution in [-0.2, 0) is 0 Å². The summed E-state index contributed by atoms with van der Waals surface area (Å²) in [7, 11) is -1.80. The SMILES string of the molecule is CC[Si](CC)(CC)Oc1cc(C=O)ccc1O. The Kier molecular flexibility index (Phi) is 4.75. The molecule has 0 saturated heterocycles. The van der Waals surface area contributed by atoms with Crippen LogP contribution in [0.5, 0.6) is 11.5 Å². The quantitative estimate of drug-likeness (QED) is 0.621. The lowest BCUT2D eigenvalue weighted by Gasteiger charge is -2.29. The first-order valence-corrected chi connectivity index (χ1v) is 8.61. The van der Waals surface area contributed by atoms with Crippen LogP contribution in [0.1, 0.15) is 31.1 Å². The van der Waals surface area contributed by atoms with Gasteiger partial charge in [-0.3, -0.25) is 4.79 Å². The van der Waals surface area contributed by atoms with Crippen LogP contribution in [0.25, 0.3) is 0 Å². The third kappa shape index (κ3) is 3.09. The van der Waals surface area contributed by atoms with Crippen molar-refractivity contribution < 1.29 is 14.3 Å². The molecule has 0 aromatic heterocycles. The van der Waals surface area contributed by atoms with Crippen LogP contribution in [0.15, 0.2) is 18.2 Å². The van der Waals surface area contributed by atoms with Gasteiger partial charge in [0, 0.05) is 5.56 Å². The lowest BCUT2D eigenvalue weighted by molar-refractivity contribution is 0.112. The van der Waals surface area contributed by atoms with Gasteiger partial charge in [0.2, 0.25) is 0 Å². The van der Waals surface area contributed by atoms with Gasteiger partial charge in [-0.05, 0) is 36.3 Å². The first-order valence-electron chi connectivity index (χ1n) is 6.08. The Labute approximate surface area is 104 Å². The monoisotopic (exact) mass is 252 g/mol. The smallest absolute Gasteiger partial charge is 0.250 e. The zero-order chi connectivity index (χ0) is 12.9. The van der Waals surface area contributed by atoms with E-state index in [4.69, 9.17) is 4.43 Å². The summed E-state index contributed by atoms with van der Waals surface area (Å²) >= 11 is 0. The first kappa shape index (κ1) is 13.8. The number of aldehydes is 1. The van der Waals surface area contributed by atoms with Crippen molar-refractivity contribution in [3.63, 3.8) is 0 Å². The molecule has 0 aliphatic rings. The Morgan fingerprint density at radius 3 is 2.29 bits per heavy atom. The molecular formula is C13H20O3Si. The minimum Gasteiger partial charge on any atom is -0.541 e. The number of benzene rings is 1. The van der Waals surface area contributed by atoms with E-state index in [0.29, 0.717) is 11.3 Å². The molecule has 0 radical (unpaired) electrons. The number of hydrogen-bond acceptors (Lipinski definition) is 3. The summed E-state index contributed by atoms with van der Waals surface area (Å²) in [5.41, 5.74) is 0.531. The average molecular weight is 252 g/mol. The molecule has 17 heavy (non-hydrogen) atoms. The molecule has 1 aromatic rings. The highest BCUT2D eigenvalue weighted by atomic mass is 28.4. The Hall–Kier alpha value is -1.29. The highest BCUT2D eigenvalue weighted by Gasteiger charge is 2.31. The molecule has 0 aliphatic heterocycles. The molecule has 1 rings (SSSR count). The Bertz CT molecular complexity index is 378. The molecule has 0 unspecified atom stereocenters. The molecule has 1 aromatic carbocycles. The van der Waals surface area contributed by atoms with Crippen molar-refractivity contribution in [1.29, 1.82) is 0 Å². The van der Waals surface area contributed by atoms with Crippen molar-refractivity contribution in [3.05, 3.63) is 23.8 Å². The zero-order valence-corrected chi connectivity index (χ0v) is 11.7. The second kappa shape index (κ2) is 5.86. The Morgan fingerprint density at radius 2 is 1.82 bits per heavy atom. The van der Waals surface area contributed by atoms with E-state index in [2.05, 4.69) is 20.8 Å². The summed E-state index contributed by atoms with van der Waals surface area (Å²) in [6.45, 7) is 6.37. The van der Waals surface area contributed by atoms with Crippen molar-refractivity contribution in [2.45, 2.75) is 38.9 Å². The number of carbonyl (C=O) groups is 1. The summed E-state index contributed by atoms with van der Waals surface area (Å²) < 4.78 is 6.05. The van der Waals surface area contributed by atoms with E-state index in [1.807, 2.05) is 0 Å². The molecule has 4 heteroatoms. The molecule has 0 saturated carbocycles. The molecule has 0 bridgehead atoms. The van der Waals surface area contributed by atoms with Crippen molar-refractivity contribution >= 4 is 14.6 Å². The predicted molar refractivity (Wildman–Crippen MR) is 71.3 cm³/mol. The number of carbonyl (C=O) groups excluding carboxylic acids is 1. The zero-order valence-electron chi connectivity index (χ0n) is 10.7. The standard InChI is InChI=1S/C13H20O3Si/c1-4-17(5-2,6-3)16-13-9-11(10-14)7-8-12(13)15/h7-10,15H,4-6H2,1-3H3. The first-order chi connectivity index (χ1) is 8.10. The van der Waals surface area contributed by atoms with Gasteiger partial charge in [0.25, 0.3) is 8.32 Å². The number of hydrogen-bond donors (Lipinski definition) is 1. The minimum absolute atomic E-state index is 0.114.